The number of aryl methyl sites for hydroxylation is 3. The van der Waals surface area contributed by atoms with E-state index in [2.05, 4.69) is 44.8 Å². The SMILES string of the molecule is CCc1ccc(Nc2nc(C)cc(Nc3cc(C)on3)n2)cc1. The number of nitrogens with zero attached hydrogens (tertiary/aromatic N) is 3. The number of aromatic nitrogens is 3. The van der Waals surface area contributed by atoms with Crippen LogP contribution in [-0.4, -0.2) is 15.1 Å². The highest BCUT2D eigenvalue weighted by Gasteiger charge is 2.06. The summed E-state index contributed by atoms with van der Waals surface area (Å²) in [7, 11) is 0. The second-order valence-electron chi connectivity index (χ2n) is 5.34. The summed E-state index contributed by atoms with van der Waals surface area (Å²) in [6, 6.07) is 11.9. The Morgan fingerprint density at radius 2 is 1.74 bits per heavy atom. The lowest BCUT2D eigenvalue weighted by molar-refractivity contribution is 0.400. The molecule has 2 N–H and O–H groups in total. The predicted octanol–water partition coefficient (Wildman–Crippen LogP) is 4.13. The van der Waals surface area contributed by atoms with Gasteiger partial charge in [0.25, 0.3) is 0 Å². The molecule has 0 bridgehead atoms. The minimum atomic E-state index is 0.539. The summed E-state index contributed by atoms with van der Waals surface area (Å²) in [6.45, 7) is 5.90. The minimum absolute atomic E-state index is 0.539. The maximum atomic E-state index is 5.04. The van der Waals surface area contributed by atoms with Gasteiger partial charge < -0.3 is 15.2 Å². The molecule has 2 aromatic heterocycles. The molecule has 0 fully saturated rings. The first kappa shape index (κ1) is 15.0. The second kappa shape index (κ2) is 6.48. The Kier molecular flexibility index (Phi) is 4.23. The summed E-state index contributed by atoms with van der Waals surface area (Å²) < 4.78 is 5.04. The van der Waals surface area contributed by atoms with Crippen molar-refractivity contribution >= 4 is 23.3 Å². The number of hydrogen-bond acceptors (Lipinski definition) is 6. The first-order valence-electron chi connectivity index (χ1n) is 7.54. The smallest absolute Gasteiger partial charge is 0.229 e. The normalized spacial score (nSPS) is 10.6. The average Bonchev–Trinajstić information content (AvgIpc) is 2.92. The Morgan fingerprint density at radius 3 is 2.39 bits per heavy atom. The van der Waals surface area contributed by atoms with Crippen LogP contribution < -0.4 is 10.6 Å². The molecule has 3 aromatic rings. The maximum absolute atomic E-state index is 5.04. The van der Waals surface area contributed by atoms with Crippen molar-refractivity contribution in [1.29, 1.82) is 0 Å². The lowest BCUT2D eigenvalue weighted by Gasteiger charge is -2.09. The molecule has 0 radical (unpaired) electrons. The van der Waals surface area contributed by atoms with Gasteiger partial charge in [-0.3, -0.25) is 0 Å². The molecule has 23 heavy (non-hydrogen) atoms. The molecular weight excluding hydrogens is 290 g/mol. The van der Waals surface area contributed by atoms with Gasteiger partial charge in [0.05, 0.1) is 0 Å². The second-order valence-corrected chi connectivity index (χ2v) is 5.34. The van der Waals surface area contributed by atoms with Crippen LogP contribution in [0.25, 0.3) is 0 Å². The molecule has 0 aliphatic heterocycles. The van der Waals surface area contributed by atoms with Crippen molar-refractivity contribution in [2.24, 2.45) is 0 Å². The van der Waals surface area contributed by atoms with Crippen molar-refractivity contribution in [1.82, 2.24) is 15.1 Å². The van der Waals surface area contributed by atoms with Gasteiger partial charge in [0.1, 0.15) is 11.6 Å². The van der Waals surface area contributed by atoms with Crippen LogP contribution in [0.1, 0.15) is 23.9 Å². The Hall–Kier alpha value is -2.89. The van der Waals surface area contributed by atoms with Crippen LogP contribution >= 0.6 is 0 Å². The minimum Gasteiger partial charge on any atom is -0.360 e. The van der Waals surface area contributed by atoms with Gasteiger partial charge in [-0.15, -0.1) is 0 Å². The van der Waals surface area contributed by atoms with Crippen LogP contribution in [0.15, 0.2) is 40.9 Å². The topological polar surface area (TPSA) is 75.9 Å². The zero-order valence-corrected chi connectivity index (χ0v) is 13.4. The highest BCUT2D eigenvalue weighted by Crippen LogP contribution is 2.19. The van der Waals surface area contributed by atoms with Crippen LogP contribution in [0, 0.1) is 13.8 Å². The zero-order chi connectivity index (χ0) is 16.2. The summed E-state index contributed by atoms with van der Waals surface area (Å²) in [6.07, 6.45) is 1.02. The van der Waals surface area contributed by atoms with Crippen molar-refractivity contribution in [2.45, 2.75) is 27.2 Å². The number of hydrogen-bond donors (Lipinski definition) is 2. The molecule has 0 saturated heterocycles. The van der Waals surface area contributed by atoms with E-state index in [1.54, 1.807) is 0 Å². The molecule has 0 amide bonds. The van der Waals surface area contributed by atoms with Crippen molar-refractivity contribution in [3.05, 3.63) is 53.4 Å². The first-order chi connectivity index (χ1) is 11.1. The van der Waals surface area contributed by atoms with Gasteiger partial charge in [-0.05, 0) is 38.0 Å². The van der Waals surface area contributed by atoms with Gasteiger partial charge in [0.15, 0.2) is 5.82 Å². The molecule has 6 nitrogen and oxygen atoms in total. The summed E-state index contributed by atoms with van der Waals surface area (Å²) in [4.78, 5) is 8.87. The average molecular weight is 309 g/mol. The van der Waals surface area contributed by atoms with Crippen LogP contribution in [0.3, 0.4) is 0 Å². The summed E-state index contributed by atoms with van der Waals surface area (Å²) in [5.74, 6) is 2.57. The van der Waals surface area contributed by atoms with E-state index in [-0.39, 0.29) is 0 Å². The molecule has 0 saturated carbocycles. The van der Waals surface area contributed by atoms with E-state index >= 15 is 0 Å². The van der Waals surface area contributed by atoms with Crippen LogP contribution in [-0.2, 0) is 6.42 Å². The Labute approximate surface area is 135 Å². The van der Waals surface area contributed by atoms with Crippen LogP contribution in [0.4, 0.5) is 23.3 Å². The zero-order valence-electron chi connectivity index (χ0n) is 13.4. The first-order valence-corrected chi connectivity index (χ1v) is 7.54. The van der Waals surface area contributed by atoms with Gasteiger partial charge in [-0.2, -0.15) is 4.98 Å². The van der Waals surface area contributed by atoms with Gasteiger partial charge >= 0.3 is 0 Å². The molecule has 0 aliphatic carbocycles. The molecule has 118 valence electrons. The predicted molar refractivity (Wildman–Crippen MR) is 90.4 cm³/mol. The van der Waals surface area contributed by atoms with Crippen molar-refractivity contribution in [2.75, 3.05) is 10.6 Å². The monoisotopic (exact) mass is 309 g/mol. The molecule has 1 aromatic carbocycles. The third-order valence-electron chi connectivity index (χ3n) is 3.36. The van der Waals surface area contributed by atoms with Gasteiger partial charge in [0.2, 0.25) is 5.95 Å². The van der Waals surface area contributed by atoms with Crippen LogP contribution in [0.2, 0.25) is 0 Å². The standard InChI is InChI=1S/C17H19N5O/c1-4-13-5-7-14(8-6-13)19-17-18-11(2)9-15(21-17)20-16-10-12(3)23-22-16/h5-10H,4H2,1-3H3,(H2,18,19,20,21,22). The summed E-state index contributed by atoms with van der Waals surface area (Å²) in [5.41, 5.74) is 3.11. The Balaban J connectivity index is 1.79. The highest BCUT2D eigenvalue weighted by atomic mass is 16.5. The molecule has 2 heterocycles. The number of nitrogens with one attached hydrogen (secondary N) is 2. The molecule has 0 aliphatic rings. The fourth-order valence-corrected chi connectivity index (χ4v) is 2.20. The van der Waals surface area contributed by atoms with E-state index in [0.29, 0.717) is 17.6 Å². The lowest BCUT2D eigenvalue weighted by atomic mass is 10.1. The van der Waals surface area contributed by atoms with E-state index in [1.807, 2.05) is 38.1 Å². The quantitative estimate of drug-likeness (QED) is 0.738. The van der Waals surface area contributed by atoms with Gasteiger partial charge in [-0.1, -0.05) is 24.2 Å². The van der Waals surface area contributed by atoms with E-state index in [4.69, 9.17) is 4.52 Å². The summed E-state index contributed by atoms with van der Waals surface area (Å²) in [5, 5.41) is 10.2. The van der Waals surface area contributed by atoms with Crippen molar-refractivity contribution < 1.29 is 4.52 Å². The van der Waals surface area contributed by atoms with Gasteiger partial charge in [0, 0.05) is 23.5 Å². The molecule has 6 heteroatoms. The highest BCUT2D eigenvalue weighted by molar-refractivity contribution is 5.58. The number of benzene rings is 1. The third-order valence-corrected chi connectivity index (χ3v) is 3.36. The maximum Gasteiger partial charge on any atom is 0.229 e. The van der Waals surface area contributed by atoms with E-state index < -0.39 is 0 Å². The molecule has 0 spiro atoms. The van der Waals surface area contributed by atoms with E-state index in [0.717, 1.165) is 23.6 Å². The molecule has 0 unspecified atom stereocenters. The number of anilines is 4. The fourth-order valence-electron chi connectivity index (χ4n) is 2.20. The largest absolute Gasteiger partial charge is 0.360 e. The third kappa shape index (κ3) is 3.85. The molecule has 0 atom stereocenters. The summed E-state index contributed by atoms with van der Waals surface area (Å²) >= 11 is 0. The van der Waals surface area contributed by atoms with Crippen LogP contribution in [0.5, 0.6) is 0 Å². The molecule has 3 rings (SSSR count). The van der Waals surface area contributed by atoms with Gasteiger partial charge in [-0.25, -0.2) is 4.98 Å². The number of rotatable bonds is 5. The lowest BCUT2D eigenvalue weighted by Crippen LogP contribution is -2.02. The van der Waals surface area contributed by atoms with Crippen molar-refractivity contribution in [3.63, 3.8) is 0 Å². The van der Waals surface area contributed by atoms with Crippen molar-refractivity contribution in [3.8, 4) is 0 Å². The fraction of sp³-hybridized carbons (Fsp3) is 0.235. The van der Waals surface area contributed by atoms with E-state index in [9.17, 15) is 0 Å². The van der Waals surface area contributed by atoms with E-state index in [1.165, 1.54) is 5.56 Å². The Bertz CT molecular complexity index is 795. The Morgan fingerprint density at radius 1 is 0.957 bits per heavy atom. The molecular formula is C17H19N5O.